The summed E-state index contributed by atoms with van der Waals surface area (Å²) in [7, 11) is -2.21. The molecule has 11 heteroatoms. The van der Waals surface area contributed by atoms with E-state index in [0.717, 1.165) is 0 Å². The van der Waals surface area contributed by atoms with Gasteiger partial charge in [-0.3, -0.25) is 9.48 Å². The quantitative estimate of drug-likeness (QED) is 0.588. The minimum Gasteiger partial charge on any atom is -0.492 e. The van der Waals surface area contributed by atoms with Crippen molar-refractivity contribution >= 4 is 34.0 Å². The molecule has 2 aromatic rings. The maximum absolute atomic E-state index is 12.2. The van der Waals surface area contributed by atoms with Crippen LogP contribution >= 0.6 is 12.4 Å². The van der Waals surface area contributed by atoms with Gasteiger partial charge in [-0.15, -0.1) is 12.4 Å². The normalized spacial score (nSPS) is 12.1. The van der Waals surface area contributed by atoms with Gasteiger partial charge < -0.3 is 15.8 Å². The number of ether oxygens (including phenoxy) is 1. The summed E-state index contributed by atoms with van der Waals surface area (Å²) < 4.78 is 33.4. The van der Waals surface area contributed by atoms with Gasteiger partial charge in [-0.2, -0.15) is 9.82 Å². The molecule has 0 aliphatic heterocycles. The molecule has 0 saturated carbocycles. The van der Waals surface area contributed by atoms with E-state index in [1.165, 1.54) is 24.0 Å². The second-order valence-corrected chi connectivity index (χ2v) is 7.06. The molecule has 0 spiro atoms. The third kappa shape index (κ3) is 5.99. The minimum atomic E-state index is -3.82. The first-order valence-electron chi connectivity index (χ1n) is 7.56. The number of aryl methyl sites for hydroxylation is 1. The van der Waals surface area contributed by atoms with Crippen LogP contribution in [0.25, 0.3) is 0 Å². The Kier molecular flexibility index (Phi) is 8.03. The van der Waals surface area contributed by atoms with Crippen LogP contribution in [0.4, 0.5) is 5.69 Å². The van der Waals surface area contributed by atoms with Crippen molar-refractivity contribution < 1.29 is 17.9 Å². The van der Waals surface area contributed by atoms with Crippen molar-refractivity contribution in [2.75, 3.05) is 18.5 Å². The first-order chi connectivity index (χ1) is 11.8. The second kappa shape index (κ2) is 9.53. The Bertz CT molecular complexity index is 823. The van der Waals surface area contributed by atoms with Gasteiger partial charge in [0.05, 0.1) is 12.2 Å². The smallest absolute Gasteiger partial charge is 0.244 e. The topological polar surface area (TPSA) is 128 Å². The monoisotopic (exact) mass is 403 g/mol. The van der Waals surface area contributed by atoms with Gasteiger partial charge in [0.2, 0.25) is 15.9 Å². The van der Waals surface area contributed by atoms with E-state index in [9.17, 15) is 13.2 Å². The molecule has 1 aromatic heterocycles. The maximum atomic E-state index is 12.2. The van der Waals surface area contributed by atoms with Crippen LogP contribution in [0.5, 0.6) is 5.75 Å². The summed E-state index contributed by atoms with van der Waals surface area (Å²) >= 11 is 0. The van der Waals surface area contributed by atoms with E-state index >= 15 is 0 Å². The third-order valence-electron chi connectivity index (χ3n) is 3.23. The Morgan fingerprint density at radius 2 is 2.00 bits per heavy atom. The van der Waals surface area contributed by atoms with Crippen molar-refractivity contribution in [1.82, 2.24) is 14.5 Å². The fourth-order valence-electron chi connectivity index (χ4n) is 1.95. The molecule has 0 aliphatic rings. The molecular weight excluding hydrogens is 382 g/mol. The highest BCUT2D eigenvalue weighted by Gasteiger charge is 2.23. The van der Waals surface area contributed by atoms with Gasteiger partial charge in [-0.05, 0) is 31.2 Å². The standard InChI is InChI=1S/C15H21N5O4S.ClH/c1-11(19-25(22,23)14-9-17-20(2)10-14)15(21)18-12-3-5-13(6-4-12)24-8-7-16;/h3-6,9-11,19H,7-8,16H2,1-2H3,(H,18,21);1H. The van der Waals surface area contributed by atoms with Crippen LogP contribution < -0.4 is 20.5 Å². The Labute approximate surface area is 158 Å². The largest absolute Gasteiger partial charge is 0.492 e. The Morgan fingerprint density at radius 3 is 2.54 bits per heavy atom. The highest BCUT2D eigenvalue weighted by atomic mass is 35.5. The van der Waals surface area contributed by atoms with Gasteiger partial charge >= 0.3 is 0 Å². The minimum absolute atomic E-state index is 0. The van der Waals surface area contributed by atoms with Gasteiger partial charge in [0.15, 0.2) is 0 Å². The number of carbonyl (C=O) groups is 1. The van der Waals surface area contributed by atoms with Crippen molar-refractivity contribution in [3.05, 3.63) is 36.7 Å². The van der Waals surface area contributed by atoms with Crippen molar-refractivity contribution in [3.8, 4) is 5.75 Å². The van der Waals surface area contributed by atoms with Crippen molar-refractivity contribution in [3.63, 3.8) is 0 Å². The van der Waals surface area contributed by atoms with Gasteiger partial charge in [0.25, 0.3) is 0 Å². The summed E-state index contributed by atoms with van der Waals surface area (Å²) in [5.41, 5.74) is 5.88. The lowest BCUT2D eigenvalue weighted by atomic mass is 10.2. The number of halogens is 1. The number of rotatable bonds is 8. The predicted octanol–water partition coefficient (Wildman–Crippen LogP) is 0.485. The molecule has 4 N–H and O–H groups in total. The molecule has 0 saturated heterocycles. The number of carbonyl (C=O) groups excluding carboxylic acids is 1. The molecule has 0 radical (unpaired) electrons. The van der Waals surface area contributed by atoms with E-state index in [0.29, 0.717) is 24.6 Å². The van der Waals surface area contributed by atoms with Crippen molar-refractivity contribution in [2.45, 2.75) is 17.9 Å². The van der Waals surface area contributed by atoms with E-state index in [-0.39, 0.29) is 17.3 Å². The number of aromatic nitrogens is 2. The molecule has 0 aliphatic carbocycles. The highest BCUT2D eigenvalue weighted by Crippen LogP contribution is 2.16. The van der Waals surface area contributed by atoms with Crippen molar-refractivity contribution in [1.29, 1.82) is 0 Å². The zero-order valence-electron chi connectivity index (χ0n) is 14.4. The number of sulfonamides is 1. The van der Waals surface area contributed by atoms with E-state index in [4.69, 9.17) is 10.5 Å². The number of hydrogen-bond donors (Lipinski definition) is 3. The van der Waals surface area contributed by atoms with Crippen LogP contribution in [0.2, 0.25) is 0 Å². The summed E-state index contributed by atoms with van der Waals surface area (Å²) in [6.07, 6.45) is 2.57. The Morgan fingerprint density at radius 1 is 1.35 bits per heavy atom. The van der Waals surface area contributed by atoms with E-state index in [1.54, 1.807) is 31.3 Å². The highest BCUT2D eigenvalue weighted by molar-refractivity contribution is 7.89. The number of anilines is 1. The van der Waals surface area contributed by atoms with Crippen LogP contribution in [0.15, 0.2) is 41.6 Å². The van der Waals surface area contributed by atoms with Gasteiger partial charge in [-0.25, -0.2) is 8.42 Å². The number of nitrogens with one attached hydrogen (secondary N) is 2. The molecule has 1 atom stereocenters. The zero-order valence-corrected chi connectivity index (χ0v) is 16.0. The average Bonchev–Trinajstić information content (AvgIpc) is 3.01. The lowest BCUT2D eigenvalue weighted by Crippen LogP contribution is -2.41. The maximum Gasteiger partial charge on any atom is 0.244 e. The van der Waals surface area contributed by atoms with E-state index < -0.39 is 22.0 Å². The lowest BCUT2D eigenvalue weighted by Gasteiger charge is -2.14. The van der Waals surface area contributed by atoms with Crippen LogP contribution in [0, 0.1) is 0 Å². The number of nitrogens with two attached hydrogens (primary N) is 1. The molecule has 9 nitrogen and oxygen atoms in total. The first-order valence-corrected chi connectivity index (χ1v) is 9.05. The summed E-state index contributed by atoms with van der Waals surface area (Å²) in [5.74, 6) is 0.150. The summed E-state index contributed by atoms with van der Waals surface area (Å²) in [6.45, 7) is 2.27. The molecule has 144 valence electrons. The third-order valence-corrected chi connectivity index (χ3v) is 4.72. The van der Waals surface area contributed by atoms with Crippen LogP contribution in [0.1, 0.15) is 6.92 Å². The van der Waals surface area contributed by atoms with Crippen LogP contribution in [0.3, 0.4) is 0 Å². The zero-order chi connectivity index (χ0) is 18.4. The molecule has 0 fully saturated rings. The molecule has 26 heavy (non-hydrogen) atoms. The lowest BCUT2D eigenvalue weighted by molar-refractivity contribution is -0.117. The Hall–Kier alpha value is -2.14. The molecule has 1 heterocycles. The van der Waals surface area contributed by atoms with Crippen molar-refractivity contribution in [2.24, 2.45) is 12.8 Å². The predicted molar refractivity (Wildman–Crippen MR) is 99.9 cm³/mol. The summed E-state index contributed by atoms with van der Waals surface area (Å²) in [5, 5.41) is 6.45. The summed E-state index contributed by atoms with van der Waals surface area (Å²) in [6, 6.07) is 5.74. The average molecular weight is 404 g/mol. The summed E-state index contributed by atoms with van der Waals surface area (Å²) in [4.78, 5) is 12.2. The molecule has 2 rings (SSSR count). The first kappa shape index (κ1) is 21.9. The fourth-order valence-corrected chi connectivity index (χ4v) is 3.14. The van der Waals surface area contributed by atoms with Gasteiger partial charge in [0.1, 0.15) is 17.3 Å². The Balaban J connectivity index is 0.00000338. The number of hydrogen-bond acceptors (Lipinski definition) is 6. The molecule has 1 amide bonds. The molecule has 0 bridgehead atoms. The van der Waals surface area contributed by atoms with Gasteiger partial charge in [-0.1, -0.05) is 0 Å². The van der Waals surface area contributed by atoms with E-state index in [1.807, 2.05) is 0 Å². The number of nitrogens with zero attached hydrogens (tertiary/aromatic N) is 2. The number of amides is 1. The van der Waals surface area contributed by atoms with Crippen LogP contribution in [-0.4, -0.2) is 43.3 Å². The molecule has 1 unspecified atom stereocenters. The van der Waals surface area contributed by atoms with Crippen LogP contribution in [-0.2, 0) is 21.9 Å². The number of benzene rings is 1. The fraction of sp³-hybridized carbons (Fsp3) is 0.333. The van der Waals surface area contributed by atoms with E-state index in [2.05, 4.69) is 15.1 Å². The SMILES string of the molecule is CC(NS(=O)(=O)c1cnn(C)c1)C(=O)Nc1ccc(OCCN)cc1.Cl. The molecular formula is C15H22ClN5O4S. The van der Waals surface area contributed by atoms with Gasteiger partial charge in [0, 0.05) is 25.5 Å². The second-order valence-electron chi connectivity index (χ2n) is 5.34. The molecule has 1 aromatic carbocycles.